The van der Waals surface area contributed by atoms with E-state index in [2.05, 4.69) is 49.1 Å². The molecule has 0 aliphatic carbocycles. The normalized spacial score (nSPS) is 11.7. The first-order valence-corrected chi connectivity index (χ1v) is 16.4. The van der Waals surface area contributed by atoms with Crippen LogP contribution in [0, 0.1) is 11.6 Å². The van der Waals surface area contributed by atoms with E-state index in [1.54, 1.807) is 12.1 Å². The monoisotopic (exact) mass is 611 g/mol. The number of benzene rings is 2. The first-order valence-electron chi connectivity index (χ1n) is 13.5. The predicted molar refractivity (Wildman–Crippen MR) is 162 cm³/mol. The van der Waals surface area contributed by atoms with Crippen LogP contribution in [0.4, 0.5) is 14.5 Å². The van der Waals surface area contributed by atoms with Gasteiger partial charge in [-0.2, -0.15) is 0 Å². The number of amides is 1. The van der Waals surface area contributed by atoms with E-state index in [1.165, 1.54) is 44.9 Å². The van der Waals surface area contributed by atoms with E-state index in [1.807, 2.05) is 0 Å². The first kappa shape index (κ1) is 31.6. The lowest BCUT2D eigenvalue weighted by molar-refractivity contribution is 0.102. The number of carbonyl (C=O) groups excluding carboxylic acids is 1. The molecule has 1 N–H and O–H groups in total. The summed E-state index contributed by atoms with van der Waals surface area (Å²) in [6, 6.07) is 8.21. The third-order valence-corrected chi connectivity index (χ3v) is 11.8. The Balaban J connectivity index is 1.53. The molecule has 4 rings (SSSR count). The molecule has 0 bridgehead atoms. The van der Waals surface area contributed by atoms with Crippen molar-refractivity contribution in [2.75, 3.05) is 32.8 Å². The zero-order valence-electron chi connectivity index (χ0n) is 25.2. The Morgan fingerprint density at radius 2 is 1.58 bits per heavy atom. The highest BCUT2D eigenvalue weighted by Gasteiger charge is 2.37. The standard InChI is InChI=1S/C31H35F2N3O6Si/c1-31(2,3)43(6,7)41-13-12-40-28-17-24-20(16-27(28)39-5)26(9-11-35-24)42-29-22(32)14-19(15-23(29)33)36-30(37)21-18-34-10-8-25(21)38-4/h8-11,14-18H,12-13H2,1-7H3,(H,36,37). The Morgan fingerprint density at radius 1 is 0.907 bits per heavy atom. The number of nitrogens with one attached hydrogen (secondary N) is 1. The second-order valence-corrected chi connectivity index (χ2v) is 16.0. The number of ether oxygens (including phenoxy) is 4. The van der Waals surface area contributed by atoms with Crippen LogP contribution in [0.15, 0.2) is 55.0 Å². The van der Waals surface area contributed by atoms with Gasteiger partial charge in [0, 0.05) is 47.9 Å². The molecule has 43 heavy (non-hydrogen) atoms. The number of pyridine rings is 2. The second kappa shape index (κ2) is 12.9. The van der Waals surface area contributed by atoms with Gasteiger partial charge in [0.15, 0.2) is 37.2 Å². The van der Waals surface area contributed by atoms with Crippen molar-refractivity contribution in [1.29, 1.82) is 0 Å². The van der Waals surface area contributed by atoms with Gasteiger partial charge in [-0.3, -0.25) is 14.8 Å². The molecule has 0 atom stereocenters. The van der Waals surface area contributed by atoms with Gasteiger partial charge in [-0.05, 0) is 36.3 Å². The Hall–Kier alpha value is -4.29. The summed E-state index contributed by atoms with van der Waals surface area (Å²) < 4.78 is 58.7. The fourth-order valence-corrected chi connectivity index (χ4v) is 4.95. The van der Waals surface area contributed by atoms with Gasteiger partial charge in [0.2, 0.25) is 0 Å². The van der Waals surface area contributed by atoms with Crippen LogP contribution in [0.3, 0.4) is 0 Å². The van der Waals surface area contributed by atoms with Crippen molar-refractivity contribution in [1.82, 2.24) is 9.97 Å². The van der Waals surface area contributed by atoms with Gasteiger partial charge in [0.25, 0.3) is 5.91 Å². The molecule has 2 aromatic heterocycles. The number of fused-ring (bicyclic) bond motifs is 1. The lowest BCUT2D eigenvalue weighted by atomic mass is 10.1. The third-order valence-electron chi connectivity index (χ3n) is 7.31. The van der Waals surface area contributed by atoms with Crippen molar-refractivity contribution in [3.63, 3.8) is 0 Å². The quantitative estimate of drug-likeness (QED) is 0.139. The fraction of sp³-hybridized carbons (Fsp3) is 0.323. The number of aromatic nitrogens is 2. The second-order valence-electron chi connectivity index (χ2n) is 11.2. The maximum Gasteiger partial charge on any atom is 0.261 e. The minimum absolute atomic E-state index is 0.0785. The largest absolute Gasteiger partial charge is 0.496 e. The molecule has 9 nitrogen and oxygen atoms in total. The predicted octanol–water partition coefficient (Wildman–Crippen LogP) is 7.37. The number of rotatable bonds is 11. The molecule has 0 spiro atoms. The van der Waals surface area contributed by atoms with Gasteiger partial charge in [0.1, 0.15) is 18.1 Å². The van der Waals surface area contributed by atoms with Crippen LogP contribution in [-0.2, 0) is 4.43 Å². The highest BCUT2D eigenvalue weighted by atomic mass is 28.4. The zero-order valence-corrected chi connectivity index (χ0v) is 26.2. The van der Waals surface area contributed by atoms with Crippen LogP contribution in [-0.4, -0.2) is 51.6 Å². The van der Waals surface area contributed by atoms with E-state index < -0.39 is 31.6 Å². The maximum atomic E-state index is 15.1. The summed E-state index contributed by atoms with van der Waals surface area (Å²) in [5, 5.41) is 2.98. The van der Waals surface area contributed by atoms with Crippen molar-refractivity contribution < 1.29 is 36.9 Å². The smallest absolute Gasteiger partial charge is 0.261 e. The summed E-state index contributed by atoms with van der Waals surface area (Å²) in [6.07, 6.45) is 4.21. The number of carbonyl (C=O) groups is 1. The number of hydrogen-bond acceptors (Lipinski definition) is 8. The summed E-state index contributed by atoms with van der Waals surface area (Å²) in [6.45, 7) is 11.6. The van der Waals surface area contributed by atoms with Crippen LogP contribution in [0.25, 0.3) is 10.9 Å². The summed E-state index contributed by atoms with van der Waals surface area (Å²) in [7, 11) is 0.965. The average molecular weight is 612 g/mol. The Kier molecular flexibility index (Phi) is 9.51. The third kappa shape index (κ3) is 7.20. The van der Waals surface area contributed by atoms with Gasteiger partial charge < -0.3 is 28.7 Å². The van der Waals surface area contributed by atoms with Crippen LogP contribution < -0.4 is 24.3 Å². The number of halogens is 2. The highest BCUT2D eigenvalue weighted by Crippen LogP contribution is 2.39. The summed E-state index contributed by atoms with van der Waals surface area (Å²) >= 11 is 0. The molecule has 4 aromatic rings. The molecular weight excluding hydrogens is 576 g/mol. The SMILES string of the molecule is COc1cc2c(Oc3c(F)cc(NC(=O)c4cnccc4OC)cc3F)ccnc2cc1OCCO[Si](C)(C)C(C)(C)C. The molecule has 0 saturated carbocycles. The highest BCUT2D eigenvalue weighted by molar-refractivity contribution is 6.74. The molecule has 2 aromatic carbocycles. The van der Waals surface area contributed by atoms with E-state index in [-0.39, 0.29) is 27.8 Å². The van der Waals surface area contributed by atoms with Gasteiger partial charge in [-0.15, -0.1) is 0 Å². The van der Waals surface area contributed by atoms with Crippen molar-refractivity contribution >= 4 is 30.8 Å². The van der Waals surface area contributed by atoms with E-state index in [9.17, 15) is 4.79 Å². The van der Waals surface area contributed by atoms with Crippen molar-refractivity contribution in [3.05, 3.63) is 72.2 Å². The summed E-state index contributed by atoms with van der Waals surface area (Å²) in [5.41, 5.74) is 0.461. The topological polar surface area (TPSA) is 101 Å². The molecule has 0 unspecified atom stereocenters. The minimum Gasteiger partial charge on any atom is -0.496 e. The average Bonchev–Trinajstić information content (AvgIpc) is 2.96. The Labute approximate surface area is 250 Å². The maximum absolute atomic E-state index is 15.1. The molecule has 0 saturated heterocycles. The van der Waals surface area contributed by atoms with Crippen LogP contribution in [0.5, 0.6) is 28.7 Å². The molecule has 12 heteroatoms. The molecule has 2 heterocycles. The van der Waals surface area contributed by atoms with Crippen LogP contribution in [0.2, 0.25) is 18.1 Å². The van der Waals surface area contributed by atoms with Gasteiger partial charge in [0.05, 0.1) is 31.9 Å². The molecule has 228 valence electrons. The van der Waals surface area contributed by atoms with Crippen molar-refractivity contribution in [2.24, 2.45) is 0 Å². The molecular formula is C31H35F2N3O6Si. The summed E-state index contributed by atoms with van der Waals surface area (Å²) in [4.78, 5) is 20.9. The van der Waals surface area contributed by atoms with Crippen molar-refractivity contribution in [3.8, 4) is 28.7 Å². The van der Waals surface area contributed by atoms with Crippen LogP contribution >= 0.6 is 0 Å². The van der Waals surface area contributed by atoms with E-state index in [0.29, 0.717) is 35.6 Å². The summed E-state index contributed by atoms with van der Waals surface area (Å²) in [5.74, 6) is -2.09. The zero-order chi connectivity index (χ0) is 31.4. The van der Waals surface area contributed by atoms with Gasteiger partial charge in [-0.25, -0.2) is 8.78 Å². The molecule has 0 aliphatic rings. The molecule has 0 aliphatic heterocycles. The lowest BCUT2D eigenvalue weighted by Gasteiger charge is -2.36. The van der Waals surface area contributed by atoms with Gasteiger partial charge in [-0.1, -0.05) is 20.8 Å². The van der Waals surface area contributed by atoms with E-state index in [0.717, 1.165) is 12.1 Å². The number of anilines is 1. The minimum atomic E-state index is -1.92. The number of methoxy groups -OCH3 is 2. The van der Waals surface area contributed by atoms with Crippen LogP contribution in [0.1, 0.15) is 31.1 Å². The number of nitrogens with zero attached hydrogens (tertiary/aromatic N) is 2. The van der Waals surface area contributed by atoms with E-state index >= 15 is 8.78 Å². The fourth-order valence-electron chi connectivity index (χ4n) is 3.92. The van der Waals surface area contributed by atoms with Crippen molar-refractivity contribution in [2.45, 2.75) is 38.9 Å². The molecule has 1 amide bonds. The molecule has 0 fully saturated rings. The number of hydrogen-bond donors (Lipinski definition) is 1. The Bertz CT molecular complexity index is 1600. The van der Waals surface area contributed by atoms with Gasteiger partial charge >= 0.3 is 0 Å². The lowest BCUT2D eigenvalue weighted by Crippen LogP contribution is -2.41. The molecule has 0 radical (unpaired) electrons. The first-order chi connectivity index (χ1) is 20.3. The van der Waals surface area contributed by atoms with E-state index in [4.69, 9.17) is 23.4 Å². The Morgan fingerprint density at radius 3 is 2.23 bits per heavy atom.